The SMILES string of the molecule is CC(C)C(C)C1(C)C(C)C(C(C)C)C(C)(C(C)C)C(C)(C(C)(C)C)C1(C)C(C)C. The molecule has 7 atom stereocenters. The Labute approximate surface area is 186 Å². The Morgan fingerprint density at radius 2 is 1.07 bits per heavy atom. The van der Waals surface area contributed by atoms with E-state index in [0.717, 1.165) is 0 Å². The molecule has 0 saturated heterocycles. The molecule has 0 N–H and O–H groups in total. The summed E-state index contributed by atoms with van der Waals surface area (Å²) < 4.78 is 0. The molecule has 0 amide bonds. The van der Waals surface area contributed by atoms with Crippen molar-refractivity contribution in [3.8, 4) is 0 Å². The lowest BCUT2D eigenvalue weighted by molar-refractivity contribution is -0.324. The van der Waals surface area contributed by atoms with Crippen molar-refractivity contribution in [2.45, 2.75) is 118 Å². The van der Waals surface area contributed by atoms with Gasteiger partial charge in [0.25, 0.3) is 0 Å². The van der Waals surface area contributed by atoms with Crippen LogP contribution in [0.15, 0.2) is 0 Å². The van der Waals surface area contributed by atoms with E-state index in [2.05, 4.69) is 118 Å². The second kappa shape index (κ2) is 7.85. The van der Waals surface area contributed by atoms with E-state index >= 15 is 0 Å². The molecule has 174 valence electrons. The van der Waals surface area contributed by atoms with Crippen molar-refractivity contribution in [3.05, 3.63) is 0 Å². The maximum atomic E-state index is 2.71. The van der Waals surface area contributed by atoms with Crippen LogP contribution in [0.25, 0.3) is 0 Å². The first-order valence-electron chi connectivity index (χ1n) is 12.7. The summed E-state index contributed by atoms with van der Waals surface area (Å²) in [4.78, 5) is 0. The molecule has 0 aliphatic heterocycles. The van der Waals surface area contributed by atoms with E-state index in [9.17, 15) is 0 Å². The molecule has 0 aromatic heterocycles. The predicted octanol–water partition coefficient (Wildman–Crippen LogP) is 9.58. The van der Waals surface area contributed by atoms with Gasteiger partial charge in [0.1, 0.15) is 0 Å². The lowest BCUT2D eigenvalue weighted by Crippen LogP contribution is -2.75. The monoisotopic (exact) mass is 406 g/mol. The van der Waals surface area contributed by atoms with Crippen molar-refractivity contribution in [2.24, 2.45) is 68.5 Å². The van der Waals surface area contributed by atoms with Gasteiger partial charge in [0, 0.05) is 0 Å². The first kappa shape index (κ1) is 27.0. The standard InChI is InChI=1S/C29H58/c1-18(2)22(9)27(15)23(10)24(19(3)4)26(14,20(5)6)29(17,25(11,12)13)28(27,16)21(7)8/h18-24H,1-17H3. The Bertz CT molecular complexity index is 561. The molecule has 7 unspecified atom stereocenters. The van der Waals surface area contributed by atoms with Crippen LogP contribution in [-0.2, 0) is 0 Å². The maximum Gasteiger partial charge on any atom is -0.0156 e. The number of hydrogen-bond acceptors (Lipinski definition) is 0. The molecule has 0 heteroatoms. The average molecular weight is 407 g/mol. The van der Waals surface area contributed by atoms with Gasteiger partial charge in [-0.15, -0.1) is 0 Å². The molecule has 1 aliphatic rings. The number of hydrogen-bond donors (Lipinski definition) is 0. The molecule has 0 aromatic rings. The van der Waals surface area contributed by atoms with E-state index in [0.29, 0.717) is 41.4 Å². The second-order valence-corrected chi connectivity index (χ2v) is 14.0. The summed E-state index contributed by atoms with van der Waals surface area (Å²) in [5.41, 5.74) is 1.20. The van der Waals surface area contributed by atoms with Crippen LogP contribution in [0, 0.1) is 68.5 Å². The van der Waals surface area contributed by atoms with E-state index in [4.69, 9.17) is 0 Å². The highest BCUT2D eigenvalue weighted by atomic mass is 14.8. The Hall–Kier alpha value is 0. The van der Waals surface area contributed by atoms with Gasteiger partial charge in [-0.25, -0.2) is 0 Å². The molecular weight excluding hydrogens is 348 g/mol. The zero-order chi connectivity index (χ0) is 23.5. The highest BCUT2D eigenvalue weighted by Crippen LogP contribution is 2.80. The summed E-state index contributed by atoms with van der Waals surface area (Å²) >= 11 is 0. The van der Waals surface area contributed by atoms with Crippen molar-refractivity contribution in [3.63, 3.8) is 0 Å². The minimum absolute atomic E-state index is 0.203. The number of rotatable bonds is 5. The van der Waals surface area contributed by atoms with Gasteiger partial charge in [-0.05, 0) is 68.5 Å². The van der Waals surface area contributed by atoms with E-state index in [-0.39, 0.29) is 27.1 Å². The van der Waals surface area contributed by atoms with Gasteiger partial charge >= 0.3 is 0 Å². The largest absolute Gasteiger partial charge is 0.0625 e. The van der Waals surface area contributed by atoms with Gasteiger partial charge in [0.2, 0.25) is 0 Å². The molecule has 0 nitrogen and oxygen atoms in total. The van der Waals surface area contributed by atoms with Crippen molar-refractivity contribution in [1.29, 1.82) is 0 Å². The van der Waals surface area contributed by atoms with Gasteiger partial charge in [-0.2, -0.15) is 0 Å². The van der Waals surface area contributed by atoms with Gasteiger partial charge in [-0.3, -0.25) is 0 Å². The summed E-state index contributed by atoms with van der Waals surface area (Å²) in [6.07, 6.45) is 0. The third kappa shape index (κ3) is 3.11. The summed E-state index contributed by atoms with van der Waals surface area (Å²) in [7, 11) is 0. The molecule has 1 saturated carbocycles. The molecule has 0 radical (unpaired) electrons. The fourth-order valence-electron chi connectivity index (χ4n) is 9.40. The minimum Gasteiger partial charge on any atom is -0.0625 e. The molecule has 1 aliphatic carbocycles. The summed E-state index contributed by atoms with van der Waals surface area (Å²) in [5, 5.41) is 0. The van der Waals surface area contributed by atoms with Crippen LogP contribution < -0.4 is 0 Å². The first-order chi connectivity index (χ1) is 12.7. The molecule has 1 rings (SSSR count). The molecule has 1 fully saturated rings. The Balaban J connectivity index is 4.26. The van der Waals surface area contributed by atoms with Crippen molar-refractivity contribution in [2.75, 3.05) is 0 Å². The lowest BCUT2D eigenvalue weighted by Gasteiger charge is -2.80. The Morgan fingerprint density at radius 1 is 0.655 bits per heavy atom. The molecular formula is C29H58. The van der Waals surface area contributed by atoms with E-state index in [1.54, 1.807) is 0 Å². The van der Waals surface area contributed by atoms with Crippen molar-refractivity contribution >= 4 is 0 Å². The van der Waals surface area contributed by atoms with Crippen LogP contribution in [0.4, 0.5) is 0 Å². The van der Waals surface area contributed by atoms with Crippen LogP contribution in [0.1, 0.15) is 118 Å². The van der Waals surface area contributed by atoms with E-state index in [1.165, 1.54) is 0 Å². The van der Waals surface area contributed by atoms with Crippen LogP contribution in [-0.4, -0.2) is 0 Å². The summed E-state index contributed by atoms with van der Waals surface area (Å²) in [6, 6.07) is 0. The van der Waals surface area contributed by atoms with E-state index in [1.807, 2.05) is 0 Å². The summed E-state index contributed by atoms with van der Waals surface area (Å²) in [5.74, 6) is 4.75. The van der Waals surface area contributed by atoms with Gasteiger partial charge in [0.15, 0.2) is 0 Å². The second-order valence-electron chi connectivity index (χ2n) is 14.0. The first-order valence-corrected chi connectivity index (χ1v) is 12.7. The molecule has 0 bridgehead atoms. The third-order valence-electron chi connectivity index (χ3n) is 11.9. The summed E-state index contributed by atoms with van der Waals surface area (Å²) in [6.45, 7) is 43.6. The van der Waals surface area contributed by atoms with Crippen LogP contribution >= 0.6 is 0 Å². The zero-order valence-electron chi connectivity index (χ0n) is 23.5. The van der Waals surface area contributed by atoms with Gasteiger partial charge in [0.05, 0.1) is 0 Å². The highest BCUT2D eigenvalue weighted by Gasteiger charge is 2.75. The molecule has 0 heterocycles. The smallest absolute Gasteiger partial charge is 0.0156 e. The van der Waals surface area contributed by atoms with Crippen LogP contribution in [0.2, 0.25) is 0 Å². The third-order valence-corrected chi connectivity index (χ3v) is 11.9. The normalized spacial score (nSPS) is 42.9. The average Bonchev–Trinajstić information content (AvgIpc) is 2.55. The van der Waals surface area contributed by atoms with Crippen molar-refractivity contribution < 1.29 is 0 Å². The highest BCUT2D eigenvalue weighted by molar-refractivity contribution is 5.23. The Morgan fingerprint density at radius 3 is 1.31 bits per heavy atom. The minimum atomic E-state index is 0.203. The molecule has 29 heavy (non-hydrogen) atoms. The zero-order valence-corrected chi connectivity index (χ0v) is 23.5. The van der Waals surface area contributed by atoms with Gasteiger partial charge < -0.3 is 0 Å². The van der Waals surface area contributed by atoms with Gasteiger partial charge in [-0.1, -0.05) is 118 Å². The van der Waals surface area contributed by atoms with Crippen LogP contribution in [0.3, 0.4) is 0 Å². The Kier molecular flexibility index (Phi) is 7.32. The van der Waals surface area contributed by atoms with Crippen molar-refractivity contribution in [1.82, 2.24) is 0 Å². The topological polar surface area (TPSA) is 0 Å². The predicted molar refractivity (Wildman–Crippen MR) is 133 cm³/mol. The van der Waals surface area contributed by atoms with Crippen LogP contribution in [0.5, 0.6) is 0 Å². The fraction of sp³-hybridized carbons (Fsp3) is 1.00. The fourth-order valence-corrected chi connectivity index (χ4v) is 9.40. The quantitative estimate of drug-likeness (QED) is 0.426. The maximum absolute atomic E-state index is 2.71. The molecule has 0 aromatic carbocycles. The van der Waals surface area contributed by atoms with E-state index < -0.39 is 0 Å². The lowest BCUT2D eigenvalue weighted by atomic mass is 9.24. The molecule has 0 spiro atoms.